The minimum absolute atomic E-state index is 0.0586. The molecule has 9 heteroatoms. The van der Waals surface area contributed by atoms with E-state index in [-0.39, 0.29) is 24.5 Å². The average molecular weight is 402 g/mol. The molecular weight excluding hydrogens is 386 g/mol. The average Bonchev–Trinajstić information content (AvgIpc) is 2.69. The molecular formula is C19H16ClN3O5. The van der Waals surface area contributed by atoms with Crippen LogP contribution in [0.25, 0.3) is 0 Å². The number of rotatable bonds is 6. The number of carbonyl (C=O) groups excluding carboxylic acids is 3. The molecule has 0 spiro atoms. The van der Waals surface area contributed by atoms with Crippen LogP contribution in [-0.4, -0.2) is 30.1 Å². The Balaban J connectivity index is 1.61. The van der Waals surface area contributed by atoms with Crippen LogP contribution in [0.3, 0.4) is 0 Å². The van der Waals surface area contributed by atoms with Crippen LogP contribution in [-0.2, 0) is 19.1 Å². The minimum Gasteiger partial charge on any atom is -0.455 e. The number of ether oxygens (including phenoxy) is 2. The van der Waals surface area contributed by atoms with E-state index < -0.39 is 18.5 Å². The van der Waals surface area contributed by atoms with Crippen molar-refractivity contribution >= 4 is 40.8 Å². The number of halogens is 1. The van der Waals surface area contributed by atoms with Gasteiger partial charge >= 0.3 is 5.97 Å². The maximum atomic E-state index is 12.2. The van der Waals surface area contributed by atoms with E-state index >= 15 is 0 Å². The molecule has 0 saturated heterocycles. The molecule has 1 heterocycles. The molecule has 2 aromatic carbocycles. The van der Waals surface area contributed by atoms with Gasteiger partial charge in [0.1, 0.15) is 11.5 Å². The first-order chi connectivity index (χ1) is 13.5. The van der Waals surface area contributed by atoms with Crippen LogP contribution in [0.5, 0.6) is 11.5 Å². The van der Waals surface area contributed by atoms with Crippen LogP contribution >= 0.6 is 11.6 Å². The molecule has 3 rings (SSSR count). The topological polar surface area (TPSA) is 106 Å². The molecule has 28 heavy (non-hydrogen) atoms. The number of hydrogen-bond acceptors (Lipinski definition) is 6. The van der Waals surface area contributed by atoms with Crippen molar-refractivity contribution in [2.45, 2.75) is 12.8 Å². The number of para-hydroxylation sites is 1. The van der Waals surface area contributed by atoms with Crippen molar-refractivity contribution in [3.8, 4) is 11.5 Å². The van der Waals surface area contributed by atoms with Gasteiger partial charge in [-0.25, -0.2) is 10.2 Å². The van der Waals surface area contributed by atoms with Gasteiger partial charge in [-0.3, -0.25) is 9.59 Å². The van der Waals surface area contributed by atoms with Gasteiger partial charge in [0.25, 0.3) is 5.91 Å². The lowest BCUT2D eigenvalue weighted by Crippen LogP contribution is -2.32. The standard InChI is InChI=1S/C19H16ClN3O5/c20-12-6-8-16(28-13-4-2-1-3-5-13)15(10-12)21-18(25)11-27-19(26)14-7-9-17(24)23-22-14/h1-6,8,10H,7,9,11H2,(H,21,25)(H,23,24). The summed E-state index contributed by atoms with van der Waals surface area (Å²) in [7, 11) is 0. The van der Waals surface area contributed by atoms with Crippen LogP contribution in [0.2, 0.25) is 5.02 Å². The molecule has 144 valence electrons. The molecule has 0 unspecified atom stereocenters. The Morgan fingerprint density at radius 3 is 2.64 bits per heavy atom. The summed E-state index contributed by atoms with van der Waals surface area (Å²) < 4.78 is 10.7. The van der Waals surface area contributed by atoms with E-state index in [1.54, 1.807) is 24.3 Å². The molecule has 0 aliphatic carbocycles. The zero-order valence-corrected chi connectivity index (χ0v) is 15.4. The Bertz CT molecular complexity index is 930. The summed E-state index contributed by atoms with van der Waals surface area (Å²) in [6.45, 7) is -0.525. The molecule has 8 nitrogen and oxygen atoms in total. The van der Waals surface area contributed by atoms with E-state index in [2.05, 4.69) is 15.8 Å². The van der Waals surface area contributed by atoms with Crippen LogP contribution in [0.4, 0.5) is 5.69 Å². The fourth-order valence-corrected chi connectivity index (χ4v) is 2.50. The first-order valence-corrected chi connectivity index (χ1v) is 8.74. The van der Waals surface area contributed by atoms with E-state index in [0.29, 0.717) is 22.2 Å². The Hall–Kier alpha value is -3.39. The molecule has 0 atom stereocenters. The fraction of sp³-hybridized carbons (Fsp3) is 0.158. The highest BCUT2D eigenvalue weighted by atomic mass is 35.5. The third kappa shape index (κ3) is 5.31. The summed E-state index contributed by atoms with van der Waals surface area (Å²) >= 11 is 6.00. The number of hydrazone groups is 1. The van der Waals surface area contributed by atoms with Gasteiger partial charge in [0, 0.05) is 17.9 Å². The zero-order valence-electron chi connectivity index (χ0n) is 14.6. The van der Waals surface area contributed by atoms with Crippen molar-refractivity contribution in [3.05, 3.63) is 53.6 Å². The zero-order chi connectivity index (χ0) is 19.9. The highest BCUT2D eigenvalue weighted by Crippen LogP contribution is 2.31. The monoisotopic (exact) mass is 401 g/mol. The highest BCUT2D eigenvalue weighted by molar-refractivity contribution is 6.37. The van der Waals surface area contributed by atoms with E-state index in [1.807, 2.05) is 18.2 Å². The first-order valence-electron chi connectivity index (χ1n) is 8.36. The number of hydrogen-bond donors (Lipinski definition) is 2. The second-order valence-electron chi connectivity index (χ2n) is 5.77. The van der Waals surface area contributed by atoms with Gasteiger partial charge in [0.15, 0.2) is 12.4 Å². The molecule has 0 fully saturated rings. The number of esters is 1. The van der Waals surface area contributed by atoms with Crippen LogP contribution in [0, 0.1) is 0 Å². The van der Waals surface area contributed by atoms with Gasteiger partial charge in [-0.05, 0) is 30.3 Å². The van der Waals surface area contributed by atoms with Crippen LogP contribution in [0.1, 0.15) is 12.8 Å². The van der Waals surface area contributed by atoms with Crippen molar-refractivity contribution < 1.29 is 23.9 Å². The SMILES string of the molecule is O=C1CCC(C(=O)OCC(=O)Nc2cc(Cl)ccc2Oc2ccccc2)=NN1. The molecule has 2 amide bonds. The molecule has 0 saturated carbocycles. The quantitative estimate of drug-likeness (QED) is 0.724. The van der Waals surface area contributed by atoms with Gasteiger partial charge in [0.05, 0.1) is 5.69 Å². The van der Waals surface area contributed by atoms with Crippen molar-refractivity contribution in [3.63, 3.8) is 0 Å². The Morgan fingerprint density at radius 1 is 1.14 bits per heavy atom. The van der Waals surface area contributed by atoms with Gasteiger partial charge < -0.3 is 14.8 Å². The lowest BCUT2D eigenvalue weighted by atomic mass is 10.2. The van der Waals surface area contributed by atoms with Crippen LogP contribution < -0.4 is 15.5 Å². The smallest absolute Gasteiger partial charge is 0.355 e. The fourth-order valence-electron chi connectivity index (χ4n) is 2.33. The second-order valence-corrected chi connectivity index (χ2v) is 6.21. The number of benzene rings is 2. The maximum Gasteiger partial charge on any atom is 0.355 e. The Labute approximate surface area is 165 Å². The molecule has 1 aliphatic rings. The molecule has 0 radical (unpaired) electrons. The summed E-state index contributed by atoms with van der Waals surface area (Å²) in [5.41, 5.74) is 2.59. The van der Waals surface area contributed by atoms with Gasteiger partial charge in [-0.2, -0.15) is 5.10 Å². The number of nitrogens with zero attached hydrogens (tertiary/aromatic N) is 1. The first kappa shape index (κ1) is 19.4. The van der Waals surface area contributed by atoms with E-state index in [4.69, 9.17) is 21.1 Å². The van der Waals surface area contributed by atoms with E-state index in [9.17, 15) is 14.4 Å². The third-order valence-electron chi connectivity index (χ3n) is 3.66. The Kier molecular flexibility index (Phi) is 6.23. The number of anilines is 1. The van der Waals surface area contributed by atoms with Crippen LogP contribution in [0.15, 0.2) is 53.6 Å². The minimum atomic E-state index is -0.762. The van der Waals surface area contributed by atoms with Gasteiger partial charge in [-0.1, -0.05) is 29.8 Å². The lowest BCUT2D eigenvalue weighted by Gasteiger charge is -2.14. The molecule has 2 N–H and O–H groups in total. The summed E-state index contributed by atoms with van der Waals surface area (Å²) in [5, 5.41) is 6.62. The lowest BCUT2D eigenvalue weighted by molar-refractivity contribution is -0.140. The molecule has 0 bridgehead atoms. The van der Waals surface area contributed by atoms with E-state index in [1.165, 1.54) is 6.07 Å². The molecule has 1 aliphatic heterocycles. The van der Waals surface area contributed by atoms with Gasteiger partial charge in [-0.15, -0.1) is 0 Å². The number of amides is 2. The summed E-state index contributed by atoms with van der Waals surface area (Å²) in [6.07, 6.45) is 0.304. The predicted molar refractivity (Wildman–Crippen MR) is 102 cm³/mol. The van der Waals surface area contributed by atoms with Gasteiger partial charge in [0.2, 0.25) is 5.91 Å². The molecule has 2 aromatic rings. The number of carbonyl (C=O) groups is 3. The largest absolute Gasteiger partial charge is 0.455 e. The molecule has 0 aromatic heterocycles. The van der Waals surface area contributed by atoms with Crippen molar-refractivity contribution in [1.29, 1.82) is 0 Å². The second kappa shape index (κ2) is 9.01. The maximum absolute atomic E-state index is 12.2. The van der Waals surface area contributed by atoms with Crippen molar-refractivity contribution in [1.82, 2.24) is 5.43 Å². The summed E-state index contributed by atoms with van der Waals surface area (Å²) in [4.78, 5) is 35.1. The third-order valence-corrected chi connectivity index (χ3v) is 3.90. The van der Waals surface area contributed by atoms with Crippen molar-refractivity contribution in [2.24, 2.45) is 5.10 Å². The van der Waals surface area contributed by atoms with Crippen molar-refractivity contribution in [2.75, 3.05) is 11.9 Å². The predicted octanol–water partition coefficient (Wildman–Crippen LogP) is 2.88. The summed E-state index contributed by atoms with van der Waals surface area (Å²) in [5.74, 6) is -0.643. The number of nitrogens with one attached hydrogen (secondary N) is 2. The Morgan fingerprint density at radius 2 is 1.93 bits per heavy atom. The highest BCUT2D eigenvalue weighted by Gasteiger charge is 2.20. The van der Waals surface area contributed by atoms with E-state index in [0.717, 1.165) is 0 Å². The normalized spacial score (nSPS) is 13.2. The summed E-state index contributed by atoms with van der Waals surface area (Å²) in [6, 6.07) is 13.8.